The average Bonchev–Trinajstić information content (AvgIpc) is 2.67. The fourth-order valence-electron chi connectivity index (χ4n) is 2.96. The molecule has 1 aliphatic heterocycles. The first-order valence-electron chi connectivity index (χ1n) is 8.31. The maximum absolute atomic E-state index is 11.3. The van der Waals surface area contributed by atoms with Gasteiger partial charge in [0.15, 0.2) is 0 Å². The van der Waals surface area contributed by atoms with Gasteiger partial charge in [-0.1, -0.05) is 22.0 Å². The Morgan fingerprint density at radius 2 is 2.00 bits per heavy atom. The van der Waals surface area contributed by atoms with Gasteiger partial charge < -0.3 is 20.1 Å². The van der Waals surface area contributed by atoms with Gasteiger partial charge in [0.1, 0.15) is 5.69 Å². The van der Waals surface area contributed by atoms with E-state index >= 15 is 0 Å². The van der Waals surface area contributed by atoms with Gasteiger partial charge >= 0.3 is 0 Å². The van der Waals surface area contributed by atoms with Crippen molar-refractivity contribution in [2.24, 2.45) is 0 Å². The molecule has 0 aromatic heterocycles. The summed E-state index contributed by atoms with van der Waals surface area (Å²) in [6, 6.07) is 10.6. The Kier molecular flexibility index (Phi) is 6.08. The molecule has 2 aromatic rings. The van der Waals surface area contributed by atoms with Crippen LogP contribution in [0.2, 0.25) is 0 Å². The lowest BCUT2D eigenvalue weighted by atomic mass is 10.1. The molecule has 7 nitrogen and oxygen atoms in total. The summed E-state index contributed by atoms with van der Waals surface area (Å²) in [6.07, 6.45) is 0. The zero-order valence-electron chi connectivity index (χ0n) is 14.2. The average molecular weight is 422 g/mol. The van der Waals surface area contributed by atoms with E-state index in [2.05, 4.69) is 32.2 Å². The smallest absolute Gasteiger partial charge is 0.292 e. The first-order valence-corrected chi connectivity index (χ1v) is 9.11. The second kappa shape index (κ2) is 8.48. The van der Waals surface area contributed by atoms with Crippen LogP contribution in [0.4, 0.5) is 17.1 Å². The van der Waals surface area contributed by atoms with Crippen LogP contribution in [0.1, 0.15) is 11.1 Å². The topological polar surface area (TPSA) is 87.9 Å². The van der Waals surface area contributed by atoms with Crippen LogP contribution < -0.4 is 10.2 Å². The number of nitrogens with zero attached hydrogens (tertiary/aromatic N) is 2. The molecular formula is C18H20BrN3O4. The Hall–Kier alpha value is -2.16. The maximum Gasteiger partial charge on any atom is 0.292 e. The summed E-state index contributed by atoms with van der Waals surface area (Å²) in [5.41, 5.74) is 3.14. The predicted octanol–water partition coefficient (Wildman–Crippen LogP) is 3.30. The number of hydrogen-bond donors (Lipinski definition) is 2. The third kappa shape index (κ3) is 4.32. The van der Waals surface area contributed by atoms with Crippen LogP contribution in [0.15, 0.2) is 40.9 Å². The monoisotopic (exact) mass is 421 g/mol. The minimum Gasteiger partial charge on any atom is -0.392 e. The van der Waals surface area contributed by atoms with E-state index in [1.807, 2.05) is 12.1 Å². The van der Waals surface area contributed by atoms with Crippen LogP contribution in [-0.2, 0) is 17.9 Å². The van der Waals surface area contributed by atoms with E-state index in [4.69, 9.17) is 4.74 Å². The molecule has 1 aliphatic rings. The second-order valence-electron chi connectivity index (χ2n) is 5.99. The Morgan fingerprint density at radius 1 is 1.23 bits per heavy atom. The largest absolute Gasteiger partial charge is 0.392 e. The summed E-state index contributed by atoms with van der Waals surface area (Å²) in [5, 5.41) is 23.7. The van der Waals surface area contributed by atoms with Crippen molar-refractivity contribution in [1.29, 1.82) is 0 Å². The number of anilines is 2. The Morgan fingerprint density at radius 3 is 2.69 bits per heavy atom. The molecule has 0 atom stereocenters. The molecule has 2 N–H and O–H groups in total. The Labute approximate surface area is 159 Å². The van der Waals surface area contributed by atoms with Gasteiger partial charge in [-0.25, -0.2) is 0 Å². The maximum atomic E-state index is 11.3. The summed E-state index contributed by atoms with van der Waals surface area (Å²) in [4.78, 5) is 13.1. The molecule has 0 unspecified atom stereocenters. The fraction of sp³-hybridized carbons (Fsp3) is 0.333. The third-order valence-corrected chi connectivity index (χ3v) is 4.80. The summed E-state index contributed by atoms with van der Waals surface area (Å²) < 4.78 is 6.40. The number of benzene rings is 2. The van der Waals surface area contributed by atoms with Gasteiger partial charge in [0.2, 0.25) is 0 Å². The van der Waals surface area contributed by atoms with Crippen molar-refractivity contribution in [3.8, 4) is 0 Å². The molecule has 8 heteroatoms. The van der Waals surface area contributed by atoms with Gasteiger partial charge in [-0.3, -0.25) is 10.1 Å². The lowest BCUT2D eigenvalue weighted by Gasteiger charge is -2.31. The number of morpholine rings is 1. The molecule has 0 spiro atoms. The molecule has 0 radical (unpaired) electrons. The third-order valence-electron chi connectivity index (χ3n) is 4.31. The van der Waals surface area contributed by atoms with Crippen LogP contribution in [0.3, 0.4) is 0 Å². The Balaban J connectivity index is 1.85. The van der Waals surface area contributed by atoms with Crippen LogP contribution in [-0.4, -0.2) is 36.3 Å². The highest BCUT2D eigenvalue weighted by Gasteiger charge is 2.17. The SMILES string of the molecule is O=[N+]([O-])c1ccc(CO)cc1NCc1ccc(Br)cc1N1CCOCC1. The van der Waals surface area contributed by atoms with Crippen LogP contribution in [0.5, 0.6) is 0 Å². The lowest BCUT2D eigenvalue weighted by Crippen LogP contribution is -2.36. The number of nitro benzene ring substituents is 1. The van der Waals surface area contributed by atoms with E-state index in [1.54, 1.807) is 12.1 Å². The van der Waals surface area contributed by atoms with E-state index in [-0.39, 0.29) is 12.3 Å². The molecule has 1 saturated heterocycles. The van der Waals surface area contributed by atoms with Gasteiger partial charge in [-0.15, -0.1) is 0 Å². The number of nitro groups is 1. The predicted molar refractivity (Wildman–Crippen MR) is 104 cm³/mol. The number of aliphatic hydroxyl groups is 1. The van der Waals surface area contributed by atoms with Gasteiger partial charge in [0, 0.05) is 35.9 Å². The van der Waals surface area contributed by atoms with Gasteiger partial charge in [-0.05, 0) is 35.4 Å². The number of halogens is 1. The first kappa shape index (κ1) is 18.6. The standard InChI is InChI=1S/C18H20BrN3O4/c19-15-3-2-14(18(10-15)21-5-7-26-8-6-21)11-20-16-9-13(12-23)1-4-17(16)22(24)25/h1-4,9-10,20,23H,5-8,11-12H2. The van der Waals surface area contributed by atoms with Crippen molar-refractivity contribution in [2.45, 2.75) is 13.2 Å². The summed E-state index contributed by atoms with van der Waals surface area (Å²) >= 11 is 3.51. The van der Waals surface area contributed by atoms with Gasteiger partial charge in [0.05, 0.1) is 24.7 Å². The molecule has 0 bridgehead atoms. The number of hydrogen-bond acceptors (Lipinski definition) is 6. The van der Waals surface area contributed by atoms with E-state index in [9.17, 15) is 15.2 Å². The molecular weight excluding hydrogens is 402 g/mol. The zero-order chi connectivity index (χ0) is 18.5. The quantitative estimate of drug-likeness (QED) is 0.549. The molecule has 0 saturated carbocycles. The van der Waals surface area contributed by atoms with Crippen molar-refractivity contribution in [3.05, 3.63) is 62.1 Å². The summed E-state index contributed by atoms with van der Waals surface area (Å²) in [7, 11) is 0. The molecule has 138 valence electrons. The van der Waals surface area contributed by atoms with Crippen molar-refractivity contribution in [1.82, 2.24) is 0 Å². The van der Waals surface area contributed by atoms with Crippen molar-refractivity contribution < 1.29 is 14.8 Å². The molecule has 0 aliphatic carbocycles. The second-order valence-corrected chi connectivity index (χ2v) is 6.91. The molecule has 1 fully saturated rings. The molecule has 3 rings (SSSR count). The van der Waals surface area contributed by atoms with Gasteiger partial charge in [-0.2, -0.15) is 0 Å². The number of nitrogens with one attached hydrogen (secondary N) is 1. The van der Waals surface area contributed by atoms with Crippen molar-refractivity contribution >= 4 is 33.0 Å². The number of rotatable bonds is 6. The molecule has 1 heterocycles. The normalized spacial score (nSPS) is 14.3. The van der Waals surface area contributed by atoms with Crippen molar-refractivity contribution in [2.75, 3.05) is 36.5 Å². The van der Waals surface area contributed by atoms with Crippen LogP contribution in [0, 0.1) is 10.1 Å². The minimum absolute atomic E-state index is 0.00719. The van der Waals surface area contributed by atoms with Crippen LogP contribution in [0.25, 0.3) is 0 Å². The number of aliphatic hydroxyl groups excluding tert-OH is 1. The van der Waals surface area contributed by atoms with E-state index in [0.717, 1.165) is 28.8 Å². The van der Waals surface area contributed by atoms with Crippen molar-refractivity contribution in [3.63, 3.8) is 0 Å². The zero-order valence-corrected chi connectivity index (χ0v) is 15.7. The highest BCUT2D eigenvalue weighted by Crippen LogP contribution is 2.30. The number of ether oxygens (including phenoxy) is 1. The van der Waals surface area contributed by atoms with E-state index < -0.39 is 4.92 Å². The minimum atomic E-state index is -0.423. The Bertz CT molecular complexity index is 794. The summed E-state index contributed by atoms with van der Waals surface area (Å²) in [6.45, 7) is 3.26. The highest BCUT2D eigenvalue weighted by molar-refractivity contribution is 9.10. The molecule has 2 aromatic carbocycles. The highest BCUT2D eigenvalue weighted by atomic mass is 79.9. The first-order chi connectivity index (χ1) is 12.6. The van der Waals surface area contributed by atoms with E-state index in [0.29, 0.717) is 31.0 Å². The lowest BCUT2D eigenvalue weighted by molar-refractivity contribution is -0.384. The van der Waals surface area contributed by atoms with E-state index in [1.165, 1.54) is 6.07 Å². The fourth-order valence-corrected chi connectivity index (χ4v) is 3.31. The molecule has 26 heavy (non-hydrogen) atoms. The summed E-state index contributed by atoms with van der Waals surface area (Å²) in [5.74, 6) is 0. The molecule has 0 amide bonds. The van der Waals surface area contributed by atoms with Gasteiger partial charge in [0.25, 0.3) is 5.69 Å². The van der Waals surface area contributed by atoms with Crippen LogP contribution >= 0.6 is 15.9 Å².